The van der Waals surface area contributed by atoms with Crippen molar-refractivity contribution in [1.29, 1.82) is 0 Å². The van der Waals surface area contributed by atoms with Crippen molar-refractivity contribution in [3.05, 3.63) is 48.2 Å². The van der Waals surface area contributed by atoms with Crippen LogP contribution in [-0.4, -0.2) is 44.2 Å². The normalized spacial score (nSPS) is 10.4. The van der Waals surface area contributed by atoms with E-state index in [1.165, 1.54) is 0 Å². The van der Waals surface area contributed by atoms with Gasteiger partial charge in [-0.2, -0.15) is 0 Å². The number of nitrogens with zero attached hydrogens (tertiary/aromatic N) is 2. The van der Waals surface area contributed by atoms with Gasteiger partial charge in [0.15, 0.2) is 0 Å². The zero-order chi connectivity index (χ0) is 18.8. The summed E-state index contributed by atoms with van der Waals surface area (Å²) in [5.74, 6) is 0.584. The Morgan fingerprint density at radius 3 is 2.42 bits per heavy atom. The van der Waals surface area contributed by atoms with Crippen LogP contribution in [0.2, 0.25) is 0 Å². The molecule has 2 rings (SSSR count). The molecule has 6 heteroatoms. The van der Waals surface area contributed by atoms with Crippen LogP contribution in [0.1, 0.15) is 30.6 Å². The molecule has 0 aliphatic carbocycles. The van der Waals surface area contributed by atoms with Crippen LogP contribution in [0.5, 0.6) is 0 Å². The summed E-state index contributed by atoms with van der Waals surface area (Å²) in [5.41, 5.74) is 2.45. The van der Waals surface area contributed by atoms with Crippen LogP contribution in [0.15, 0.2) is 42.6 Å². The molecule has 0 aliphatic rings. The molecule has 6 nitrogen and oxygen atoms in total. The first kappa shape index (κ1) is 19.7. The Balaban J connectivity index is 1.90. The fourth-order valence-electron chi connectivity index (χ4n) is 2.61. The number of carbonyl (C=O) groups is 1. The maximum atomic E-state index is 12.4. The second kappa shape index (κ2) is 10.4. The zero-order valence-corrected chi connectivity index (χ0v) is 15.8. The van der Waals surface area contributed by atoms with Crippen LogP contribution < -0.4 is 15.5 Å². The topological polar surface area (TPSA) is 66.5 Å². The van der Waals surface area contributed by atoms with Crippen molar-refractivity contribution < 1.29 is 9.53 Å². The number of hydrogen-bond acceptors (Lipinski definition) is 5. The second-order valence-electron chi connectivity index (χ2n) is 5.88. The molecule has 0 saturated heterocycles. The largest absolute Gasteiger partial charge is 0.385 e. The van der Waals surface area contributed by atoms with Gasteiger partial charge in [0.25, 0.3) is 5.91 Å². The highest BCUT2D eigenvalue weighted by Gasteiger charge is 2.08. The minimum absolute atomic E-state index is 0.168. The van der Waals surface area contributed by atoms with E-state index in [4.69, 9.17) is 4.74 Å². The summed E-state index contributed by atoms with van der Waals surface area (Å²) >= 11 is 0. The summed E-state index contributed by atoms with van der Waals surface area (Å²) in [7, 11) is 1.68. The highest BCUT2D eigenvalue weighted by molar-refractivity contribution is 6.04. The van der Waals surface area contributed by atoms with Crippen molar-refractivity contribution in [1.82, 2.24) is 4.98 Å². The lowest BCUT2D eigenvalue weighted by molar-refractivity contribution is 0.102. The van der Waals surface area contributed by atoms with E-state index in [0.717, 1.165) is 43.2 Å². The quantitative estimate of drug-likeness (QED) is 0.637. The predicted octanol–water partition coefficient (Wildman–Crippen LogP) is 3.63. The summed E-state index contributed by atoms with van der Waals surface area (Å²) in [5, 5.41) is 6.10. The Bertz CT molecular complexity index is 667. The molecule has 0 bridgehead atoms. The minimum atomic E-state index is -0.168. The van der Waals surface area contributed by atoms with Gasteiger partial charge in [-0.05, 0) is 56.7 Å². The molecule has 2 N–H and O–H groups in total. The highest BCUT2D eigenvalue weighted by Crippen LogP contribution is 2.18. The fourth-order valence-corrected chi connectivity index (χ4v) is 2.61. The molecule has 0 aliphatic heterocycles. The lowest BCUT2D eigenvalue weighted by Crippen LogP contribution is -2.21. The fraction of sp³-hybridized carbons (Fsp3) is 0.400. The molecule has 1 aromatic heterocycles. The van der Waals surface area contributed by atoms with Gasteiger partial charge in [-0.1, -0.05) is 0 Å². The number of methoxy groups -OCH3 is 1. The van der Waals surface area contributed by atoms with Gasteiger partial charge in [0, 0.05) is 50.9 Å². The molecule has 2 aromatic rings. The highest BCUT2D eigenvalue weighted by atomic mass is 16.5. The summed E-state index contributed by atoms with van der Waals surface area (Å²) in [6.07, 6.45) is 2.49. The number of benzene rings is 1. The van der Waals surface area contributed by atoms with E-state index in [1.807, 2.05) is 30.3 Å². The summed E-state index contributed by atoms with van der Waals surface area (Å²) < 4.78 is 5.00. The summed E-state index contributed by atoms with van der Waals surface area (Å²) in [6, 6.07) is 11.5. The third-order valence-electron chi connectivity index (χ3n) is 4.11. The molecule has 26 heavy (non-hydrogen) atoms. The minimum Gasteiger partial charge on any atom is -0.385 e. The Morgan fingerprint density at radius 2 is 1.85 bits per heavy atom. The molecule has 0 spiro atoms. The van der Waals surface area contributed by atoms with Crippen molar-refractivity contribution in [2.45, 2.75) is 20.3 Å². The van der Waals surface area contributed by atoms with E-state index in [2.05, 4.69) is 34.4 Å². The molecule has 0 atom stereocenters. The summed E-state index contributed by atoms with van der Waals surface area (Å²) in [6.45, 7) is 7.66. The third kappa shape index (κ3) is 5.74. The average Bonchev–Trinajstić information content (AvgIpc) is 2.68. The number of nitrogens with one attached hydrogen (secondary N) is 2. The second-order valence-corrected chi connectivity index (χ2v) is 5.88. The van der Waals surface area contributed by atoms with E-state index in [9.17, 15) is 4.79 Å². The molecule has 0 radical (unpaired) electrons. The number of anilines is 3. The first-order chi connectivity index (χ1) is 12.7. The van der Waals surface area contributed by atoms with Crippen molar-refractivity contribution >= 4 is 23.1 Å². The van der Waals surface area contributed by atoms with Gasteiger partial charge in [0.1, 0.15) is 5.82 Å². The number of hydrogen-bond donors (Lipinski definition) is 2. The monoisotopic (exact) mass is 356 g/mol. The van der Waals surface area contributed by atoms with E-state index in [-0.39, 0.29) is 5.91 Å². The standard InChI is InChI=1S/C20H28N4O2/c1-4-24(5-2)18-10-8-17(9-11-18)23-20(25)16-7-12-19(22-15-16)21-13-6-14-26-3/h7-12,15H,4-6,13-14H2,1-3H3,(H,21,22)(H,23,25). The Hall–Kier alpha value is -2.60. The SMILES string of the molecule is CCN(CC)c1ccc(NC(=O)c2ccc(NCCCOC)nc2)cc1. The van der Waals surface area contributed by atoms with E-state index >= 15 is 0 Å². The first-order valence-corrected chi connectivity index (χ1v) is 9.03. The van der Waals surface area contributed by atoms with Crippen LogP contribution in [0.4, 0.5) is 17.2 Å². The van der Waals surface area contributed by atoms with Crippen molar-refractivity contribution in [2.24, 2.45) is 0 Å². The number of aromatic nitrogens is 1. The maximum Gasteiger partial charge on any atom is 0.257 e. The molecule has 1 aromatic carbocycles. The number of rotatable bonds is 10. The third-order valence-corrected chi connectivity index (χ3v) is 4.11. The average molecular weight is 356 g/mol. The van der Waals surface area contributed by atoms with Crippen molar-refractivity contribution in [2.75, 3.05) is 48.9 Å². The van der Waals surface area contributed by atoms with Crippen LogP contribution >= 0.6 is 0 Å². The van der Waals surface area contributed by atoms with Gasteiger partial charge in [0.2, 0.25) is 0 Å². The number of ether oxygens (including phenoxy) is 1. The Labute approximate surface area is 155 Å². The van der Waals surface area contributed by atoms with Crippen LogP contribution in [-0.2, 0) is 4.74 Å². The van der Waals surface area contributed by atoms with Gasteiger partial charge in [0.05, 0.1) is 5.56 Å². The van der Waals surface area contributed by atoms with E-state index in [0.29, 0.717) is 12.2 Å². The number of pyridine rings is 1. The molecule has 140 valence electrons. The molecule has 0 unspecified atom stereocenters. The predicted molar refractivity (Wildman–Crippen MR) is 107 cm³/mol. The molecule has 0 fully saturated rings. The van der Waals surface area contributed by atoms with Gasteiger partial charge >= 0.3 is 0 Å². The number of carbonyl (C=O) groups excluding carboxylic acids is 1. The Kier molecular flexibility index (Phi) is 7.89. The van der Waals surface area contributed by atoms with Gasteiger partial charge < -0.3 is 20.3 Å². The van der Waals surface area contributed by atoms with Crippen LogP contribution in [0, 0.1) is 0 Å². The van der Waals surface area contributed by atoms with Crippen LogP contribution in [0.25, 0.3) is 0 Å². The van der Waals surface area contributed by atoms with Gasteiger partial charge in [-0.15, -0.1) is 0 Å². The van der Waals surface area contributed by atoms with Crippen LogP contribution in [0.3, 0.4) is 0 Å². The first-order valence-electron chi connectivity index (χ1n) is 9.03. The zero-order valence-electron chi connectivity index (χ0n) is 15.8. The number of amides is 1. The van der Waals surface area contributed by atoms with E-state index in [1.54, 1.807) is 19.4 Å². The van der Waals surface area contributed by atoms with Crippen molar-refractivity contribution in [3.63, 3.8) is 0 Å². The molecule has 0 saturated carbocycles. The molecule has 1 amide bonds. The molecular formula is C20H28N4O2. The molecular weight excluding hydrogens is 328 g/mol. The lowest BCUT2D eigenvalue weighted by Gasteiger charge is -2.21. The van der Waals surface area contributed by atoms with E-state index < -0.39 is 0 Å². The maximum absolute atomic E-state index is 12.4. The Morgan fingerprint density at radius 1 is 1.12 bits per heavy atom. The molecule has 1 heterocycles. The smallest absolute Gasteiger partial charge is 0.257 e. The lowest BCUT2D eigenvalue weighted by atomic mass is 10.2. The van der Waals surface area contributed by atoms with Gasteiger partial charge in [-0.25, -0.2) is 4.98 Å². The van der Waals surface area contributed by atoms with Crippen molar-refractivity contribution in [3.8, 4) is 0 Å². The summed E-state index contributed by atoms with van der Waals surface area (Å²) in [4.78, 5) is 18.9. The van der Waals surface area contributed by atoms with Gasteiger partial charge in [-0.3, -0.25) is 4.79 Å².